The lowest BCUT2D eigenvalue weighted by Crippen LogP contribution is -2.44. The summed E-state index contributed by atoms with van der Waals surface area (Å²) in [5.41, 5.74) is 1.23. The SMILES string of the molecule is Cc1c(-n2nnnc2SC(C)C(=O)NC(C)(C)C)c(=O)n(-c2ccccc2)n1C. The van der Waals surface area contributed by atoms with Crippen molar-refractivity contribution in [3.05, 3.63) is 46.4 Å². The first-order valence-corrected chi connectivity index (χ1v) is 10.1. The first-order valence-electron chi connectivity index (χ1n) is 9.21. The quantitative estimate of drug-likeness (QED) is 0.639. The van der Waals surface area contributed by atoms with E-state index < -0.39 is 5.25 Å². The summed E-state index contributed by atoms with van der Waals surface area (Å²) in [7, 11) is 1.81. The van der Waals surface area contributed by atoms with Gasteiger partial charge in [0.1, 0.15) is 0 Å². The smallest absolute Gasteiger partial charge is 0.297 e. The molecule has 2 heterocycles. The maximum Gasteiger partial charge on any atom is 0.297 e. The fourth-order valence-electron chi connectivity index (χ4n) is 2.87. The minimum Gasteiger partial charge on any atom is -0.351 e. The molecule has 29 heavy (non-hydrogen) atoms. The van der Waals surface area contributed by atoms with Gasteiger partial charge in [-0.1, -0.05) is 30.0 Å². The molecular weight excluding hydrogens is 390 g/mol. The summed E-state index contributed by atoms with van der Waals surface area (Å²) in [5, 5.41) is 14.7. The Morgan fingerprint density at radius 1 is 1.21 bits per heavy atom. The molecule has 154 valence electrons. The number of aromatic nitrogens is 6. The maximum atomic E-state index is 13.2. The zero-order valence-electron chi connectivity index (χ0n) is 17.4. The first kappa shape index (κ1) is 20.8. The van der Waals surface area contributed by atoms with Crippen LogP contribution in [0, 0.1) is 6.92 Å². The minimum absolute atomic E-state index is 0.122. The molecule has 3 rings (SSSR count). The number of carbonyl (C=O) groups excluding carboxylic acids is 1. The number of carbonyl (C=O) groups is 1. The fraction of sp³-hybridized carbons (Fsp3) is 0.421. The Labute approximate surface area is 173 Å². The van der Waals surface area contributed by atoms with E-state index in [4.69, 9.17) is 0 Å². The van der Waals surface area contributed by atoms with E-state index in [-0.39, 0.29) is 17.0 Å². The van der Waals surface area contributed by atoms with Crippen LogP contribution in [0.3, 0.4) is 0 Å². The number of benzene rings is 1. The minimum atomic E-state index is -0.431. The van der Waals surface area contributed by atoms with Gasteiger partial charge in [0.25, 0.3) is 5.56 Å². The average Bonchev–Trinajstić information content (AvgIpc) is 3.17. The van der Waals surface area contributed by atoms with Crippen LogP contribution in [0.5, 0.6) is 0 Å². The molecule has 0 fully saturated rings. The number of tetrazole rings is 1. The van der Waals surface area contributed by atoms with E-state index in [0.717, 1.165) is 5.69 Å². The van der Waals surface area contributed by atoms with Gasteiger partial charge in [-0.2, -0.15) is 4.68 Å². The largest absolute Gasteiger partial charge is 0.351 e. The third-order valence-electron chi connectivity index (χ3n) is 4.33. The third kappa shape index (κ3) is 4.26. The van der Waals surface area contributed by atoms with E-state index in [0.29, 0.717) is 16.5 Å². The van der Waals surface area contributed by atoms with Crippen molar-refractivity contribution in [1.82, 2.24) is 34.9 Å². The zero-order valence-corrected chi connectivity index (χ0v) is 18.2. The topological polar surface area (TPSA) is 99.6 Å². The molecule has 2 aromatic heterocycles. The molecule has 1 unspecified atom stereocenters. The summed E-state index contributed by atoms with van der Waals surface area (Å²) >= 11 is 1.21. The predicted octanol–water partition coefficient (Wildman–Crippen LogP) is 1.86. The van der Waals surface area contributed by atoms with Crippen LogP contribution in [0.25, 0.3) is 11.4 Å². The van der Waals surface area contributed by atoms with E-state index in [1.807, 2.05) is 65.1 Å². The number of para-hydroxylation sites is 1. The average molecular weight is 416 g/mol. The van der Waals surface area contributed by atoms with Gasteiger partial charge >= 0.3 is 0 Å². The van der Waals surface area contributed by atoms with Gasteiger partial charge in [-0.3, -0.25) is 14.3 Å². The number of amides is 1. The third-order valence-corrected chi connectivity index (χ3v) is 5.36. The monoisotopic (exact) mass is 415 g/mol. The fourth-order valence-corrected chi connectivity index (χ4v) is 3.67. The maximum absolute atomic E-state index is 13.2. The highest BCUT2D eigenvalue weighted by Gasteiger charge is 2.26. The number of rotatable bonds is 5. The summed E-state index contributed by atoms with van der Waals surface area (Å²) in [4.78, 5) is 25.6. The molecular formula is C19H25N7O2S. The van der Waals surface area contributed by atoms with Crippen molar-refractivity contribution in [2.24, 2.45) is 7.05 Å². The van der Waals surface area contributed by atoms with E-state index in [1.54, 1.807) is 16.3 Å². The van der Waals surface area contributed by atoms with Crippen LogP contribution in [-0.4, -0.2) is 46.3 Å². The summed E-state index contributed by atoms with van der Waals surface area (Å²) in [6.07, 6.45) is 0. The van der Waals surface area contributed by atoms with Crippen molar-refractivity contribution in [2.45, 2.75) is 50.6 Å². The molecule has 1 N–H and O–H groups in total. The number of nitrogens with one attached hydrogen (secondary N) is 1. The van der Waals surface area contributed by atoms with Crippen LogP contribution in [-0.2, 0) is 11.8 Å². The lowest BCUT2D eigenvalue weighted by Gasteiger charge is -2.22. The summed E-state index contributed by atoms with van der Waals surface area (Å²) in [6.45, 7) is 9.38. The van der Waals surface area contributed by atoms with Crippen molar-refractivity contribution in [1.29, 1.82) is 0 Å². The number of nitrogens with zero attached hydrogens (tertiary/aromatic N) is 6. The summed E-state index contributed by atoms with van der Waals surface area (Å²) in [5.74, 6) is -0.122. The Morgan fingerprint density at radius 2 is 1.86 bits per heavy atom. The molecule has 0 aliphatic rings. The molecule has 1 amide bonds. The van der Waals surface area contributed by atoms with Crippen LogP contribution in [0.15, 0.2) is 40.3 Å². The van der Waals surface area contributed by atoms with Gasteiger partial charge < -0.3 is 5.32 Å². The highest BCUT2D eigenvalue weighted by atomic mass is 32.2. The predicted molar refractivity (Wildman–Crippen MR) is 112 cm³/mol. The lowest BCUT2D eigenvalue weighted by molar-refractivity contribution is -0.121. The van der Waals surface area contributed by atoms with Crippen molar-refractivity contribution in [3.8, 4) is 11.4 Å². The molecule has 0 aliphatic heterocycles. The van der Waals surface area contributed by atoms with Crippen molar-refractivity contribution in [3.63, 3.8) is 0 Å². The second kappa shape index (κ2) is 7.86. The second-order valence-corrected chi connectivity index (χ2v) is 9.09. The van der Waals surface area contributed by atoms with Crippen molar-refractivity contribution in [2.75, 3.05) is 0 Å². The highest BCUT2D eigenvalue weighted by Crippen LogP contribution is 2.24. The van der Waals surface area contributed by atoms with Crippen molar-refractivity contribution >= 4 is 17.7 Å². The van der Waals surface area contributed by atoms with Gasteiger partial charge in [0.15, 0.2) is 5.69 Å². The van der Waals surface area contributed by atoms with Crippen LogP contribution < -0.4 is 10.9 Å². The van der Waals surface area contributed by atoms with Gasteiger partial charge in [-0.15, -0.1) is 5.10 Å². The molecule has 0 spiro atoms. The van der Waals surface area contributed by atoms with Gasteiger partial charge in [0, 0.05) is 12.6 Å². The van der Waals surface area contributed by atoms with Crippen LogP contribution >= 0.6 is 11.8 Å². The standard InChI is InChI=1S/C19H25N7O2S/c1-12-15(17(28)26(24(12)6)14-10-8-7-9-11-14)25-18(21-22-23-25)29-13(2)16(27)20-19(3,4)5/h7-11,13H,1-6H3,(H,20,27). The Balaban J connectivity index is 1.98. The molecule has 0 aliphatic carbocycles. The Hall–Kier alpha value is -2.88. The van der Waals surface area contributed by atoms with Crippen LogP contribution in [0.2, 0.25) is 0 Å². The molecule has 1 atom stereocenters. The summed E-state index contributed by atoms with van der Waals surface area (Å²) in [6, 6.07) is 9.36. The molecule has 10 heteroatoms. The normalized spacial score (nSPS) is 12.8. The van der Waals surface area contributed by atoms with E-state index in [2.05, 4.69) is 20.8 Å². The summed E-state index contributed by atoms with van der Waals surface area (Å²) < 4.78 is 4.73. The van der Waals surface area contributed by atoms with E-state index >= 15 is 0 Å². The van der Waals surface area contributed by atoms with Gasteiger partial charge in [-0.05, 0) is 57.2 Å². The molecule has 3 aromatic rings. The second-order valence-electron chi connectivity index (χ2n) is 7.78. The number of hydrogen-bond acceptors (Lipinski definition) is 6. The van der Waals surface area contributed by atoms with Gasteiger partial charge in [-0.25, -0.2) is 4.68 Å². The van der Waals surface area contributed by atoms with Gasteiger partial charge in [0.2, 0.25) is 11.1 Å². The van der Waals surface area contributed by atoms with Crippen LogP contribution in [0.4, 0.5) is 0 Å². The molecule has 0 bridgehead atoms. The Morgan fingerprint density at radius 3 is 2.48 bits per heavy atom. The molecule has 0 saturated carbocycles. The number of hydrogen-bond donors (Lipinski definition) is 1. The van der Waals surface area contributed by atoms with E-state index in [1.165, 1.54) is 16.4 Å². The number of thioether (sulfide) groups is 1. The molecule has 9 nitrogen and oxygen atoms in total. The van der Waals surface area contributed by atoms with Crippen LogP contribution in [0.1, 0.15) is 33.4 Å². The highest BCUT2D eigenvalue weighted by molar-refractivity contribution is 8.00. The first-order chi connectivity index (χ1) is 13.6. The Kier molecular flexibility index (Phi) is 5.65. The van der Waals surface area contributed by atoms with Gasteiger partial charge in [0.05, 0.1) is 16.6 Å². The Bertz CT molecular complexity index is 1080. The van der Waals surface area contributed by atoms with Crippen molar-refractivity contribution < 1.29 is 4.79 Å². The molecule has 0 radical (unpaired) electrons. The van der Waals surface area contributed by atoms with E-state index in [9.17, 15) is 9.59 Å². The molecule has 1 aromatic carbocycles. The molecule has 0 saturated heterocycles. The zero-order chi connectivity index (χ0) is 21.3. The lowest BCUT2D eigenvalue weighted by atomic mass is 10.1.